The van der Waals surface area contributed by atoms with Crippen molar-refractivity contribution in [3.05, 3.63) is 65.2 Å². The molecule has 0 aliphatic rings. The van der Waals surface area contributed by atoms with Gasteiger partial charge in [0.1, 0.15) is 17.2 Å². The van der Waals surface area contributed by atoms with E-state index in [1.165, 1.54) is 6.21 Å². The van der Waals surface area contributed by atoms with Gasteiger partial charge >= 0.3 is 0 Å². The summed E-state index contributed by atoms with van der Waals surface area (Å²) >= 11 is 5.84. The summed E-state index contributed by atoms with van der Waals surface area (Å²) in [5.74, 6) is 0.0645. The number of nitrogens with zero attached hydrogens (tertiary/aromatic N) is 1. The van der Waals surface area contributed by atoms with Crippen molar-refractivity contribution in [2.45, 2.75) is 0 Å². The SMILES string of the molecule is Oc1cc2ccccc2cc1N=Cc1cccc(Cl)c1O. The van der Waals surface area contributed by atoms with E-state index >= 15 is 0 Å². The molecule has 0 atom stereocenters. The van der Waals surface area contributed by atoms with Crippen molar-refractivity contribution in [3.63, 3.8) is 0 Å². The predicted octanol–water partition coefficient (Wildman–Crippen LogP) is 4.66. The zero-order valence-corrected chi connectivity index (χ0v) is 11.7. The number of phenolic OH excluding ortho intramolecular Hbond substituents is 2. The number of fused-ring (bicyclic) bond motifs is 1. The molecule has 3 nitrogen and oxygen atoms in total. The van der Waals surface area contributed by atoms with E-state index in [0.717, 1.165) is 10.8 Å². The summed E-state index contributed by atoms with van der Waals surface area (Å²) in [6, 6.07) is 16.2. The second kappa shape index (κ2) is 5.46. The standard InChI is InChI=1S/C17H12ClNO2/c18-14-7-3-6-13(17(14)21)10-19-15-8-11-4-1-2-5-12(11)9-16(15)20/h1-10,20-21H. The third-order valence-electron chi connectivity index (χ3n) is 3.20. The highest BCUT2D eigenvalue weighted by molar-refractivity contribution is 6.32. The fourth-order valence-corrected chi connectivity index (χ4v) is 2.28. The molecule has 21 heavy (non-hydrogen) atoms. The van der Waals surface area contributed by atoms with Gasteiger partial charge in [0, 0.05) is 11.8 Å². The molecule has 104 valence electrons. The number of halogens is 1. The molecule has 0 amide bonds. The van der Waals surface area contributed by atoms with Crippen LogP contribution >= 0.6 is 11.6 Å². The van der Waals surface area contributed by atoms with Crippen LogP contribution in [-0.4, -0.2) is 16.4 Å². The minimum Gasteiger partial charge on any atom is -0.506 e. The number of para-hydroxylation sites is 1. The average Bonchev–Trinajstić information content (AvgIpc) is 2.49. The van der Waals surface area contributed by atoms with Crippen LogP contribution in [0.4, 0.5) is 5.69 Å². The minimum absolute atomic E-state index is 0.0248. The van der Waals surface area contributed by atoms with Gasteiger partial charge in [-0.15, -0.1) is 0 Å². The van der Waals surface area contributed by atoms with Crippen molar-refractivity contribution in [2.24, 2.45) is 4.99 Å². The van der Waals surface area contributed by atoms with E-state index in [1.54, 1.807) is 30.3 Å². The second-order valence-electron chi connectivity index (χ2n) is 4.62. The highest BCUT2D eigenvalue weighted by Gasteiger charge is 2.04. The smallest absolute Gasteiger partial charge is 0.142 e. The van der Waals surface area contributed by atoms with Crippen molar-refractivity contribution in [1.29, 1.82) is 0 Å². The van der Waals surface area contributed by atoms with Crippen LogP contribution in [0.2, 0.25) is 5.02 Å². The van der Waals surface area contributed by atoms with Gasteiger partial charge in [0.15, 0.2) is 0 Å². The molecule has 4 heteroatoms. The minimum atomic E-state index is -0.0248. The van der Waals surface area contributed by atoms with Gasteiger partial charge in [0.25, 0.3) is 0 Å². The van der Waals surface area contributed by atoms with Crippen molar-refractivity contribution in [3.8, 4) is 11.5 Å². The zero-order valence-electron chi connectivity index (χ0n) is 11.0. The molecule has 0 aliphatic carbocycles. The average molecular weight is 298 g/mol. The molecule has 0 unspecified atom stereocenters. The molecule has 0 spiro atoms. The van der Waals surface area contributed by atoms with Gasteiger partial charge in [0.05, 0.1) is 5.02 Å². The van der Waals surface area contributed by atoms with Crippen molar-refractivity contribution < 1.29 is 10.2 Å². The first-order valence-electron chi connectivity index (χ1n) is 6.38. The molecular formula is C17H12ClNO2. The Morgan fingerprint density at radius 2 is 1.62 bits per heavy atom. The van der Waals surface area contributed by atoms with E-state index in [1.807, 2.05) is 24.3 Å². The molecule has 0 aliphatic heterocycles. The van der Waals surface area contributed by atoms with E-state index in [2.05, 4.69) is 4.99 Å². The topological polar surface area (TPSA) is 52.8 Å². The quantitative estimate of drug-likeness (QED) is 0.676. The maximum Gasteiger partial charge on any atom is 0.142 e. The summed E-state index contributed by atoms with van der Waals surface area (Å²) in [7, 11) is 0. The van der Waals surface area contributed by atoms with Crippen LogP contribution < -0.4 is 0 Å². The Balaban J connectivity index is 2.03. The second-order valence-corrected chi connectivity index (χ2v) is 5.03. The molecule has 0 aromatic heterocycles. The van der Waals surface area contributed by atoms with Gasteiger partial charge in [-0.3, -0.25) is 4.99 Å². The van der Waals surface area contributed by atoms with Crippen LogP contribution in [0.1, 0.15) is 5.56 Å². The molecule has 0 saturated heterocycles. The van der Waals surface area contributed by atoms with E-state index in [0.29, 0.717) is 11.3 Å². The van der Waals surface area contributed by atoms with Crippen LogP contribution in [0.15, 0.2) is 59.6 Å². The molecule has 0 radical (unpaired) electrons. The lowest BCUT2D eigenvalue weighted by atomic mass is 10.1. The lowest BCUT2D eigenvalue weighted by Crippen LogP contribution is -1.83. The molecule has 0 saturated carbocycles. The first-order valence-corrected chi connectivity index (χ1v) is 6.76. The summed E-state index contributed by atoms with van der Waals surface area (Å²) in [6.45, 7) is 0. The lowest BCUT2D eigenvalue weighted by molar-refractivity contribution is 0.474. The Morgan fingerprint density at radius 1 is 0.905 bits per heavy atom. The Labute approximate surface area is 126 Å². The normalized spacial score (nSPS) is 11.3. The van der Waals surface area contributed by atoms with Crippen LogP contribution in [0, 0.1) is 0 Å². The summed E-state index contributed by atoms with van der Waals surface area (Å²) in [5.41, 5.74) is 0.933. The summed E-state index contributed by atoms with van der Waals surface area (Å²) < 4.78 is 0. The Bertz CT molecular complexity index is 843. The van der Waals surface area contributed by atoms with Crippen molar-refractivity contribution >= 4 is 34.3 Å². The van der Waals surface area contributed by atoms with E-state index in [4.69, 9.17) is 11.6 Å². The highest BCUT2D eigenvalue weighted by atomic mass is 35.5. The lowest BCUT2D eigenvalue weighted by Gasteiger charge is -2.03. The van der Waals surface area contributed by atoms with Crippen molar-refractivity contribution in [1.82, 2.24) is 0 Å². The van der Waals surface area contributed by atoms with Crippen LogP contribution in [-0.2, 0) is 0 Å². The number of hydrogen-bond acceptors (Lipinski definition) is 3. The molecule has 0 fully saturated rings. The molecule has 3 rings (SSSR count). The number of rotatable bonds is 2. The maximum absolute atomic E-state index is 10.0. The van der Waals surface area contributed by atoms with Crippen LogP contribution in [0.25, 0.3) is 10.8 Å². The van der Waals surface area contributed by atoms with Gasteiger partial charge in [-0.25, -0.2) is 0 Å². The number of phenols is 2. The molecule has 3 aromatic carbocycles. The highest BCUT2D eigenvalue weighted by Crippen LogP contribution is 2.32. The number of aliphatic imine (C=N–C) groups is 1. The summed E-state index contributed by atoms with van der Waals surface area (Å²) in [5, 5.41) is 22.0. The van der Waals surface area contributed by atoms with Gasteiger partial charge in [0.2, 0.25) is 0 Å². The third kappa shape index (κ3) is 2.69. The number of aromatic hydroxyl groups is 2. The Morgan fingerprint density at radius 3 is 2.38 bits per heavy atom. The fourth-order valence-electron chi connectivity index (χ4n) is 2.09. The fraction of sp³-hybridized carbons (Fsp3) is 0. The van der Waals surface area contributed by atoms with Gasteiger partial charge in [-0.2, -0.15) is 0 Å². The van der Waals surface area contributed by atoms with Gasteiger partial charge < -0.3 is 10.2 Å². The Hall–Kier alpha value is -2.52. The molecule has 0 bridgehead atoms. The van der Waals surface area contributed by atoms with E-state index in [9.17, 15) is 10.2 Å². The molecular weight excluding hydrogens is 286 g/mol. The first-order chi connectivity index (χ1) is 10.1. The third-order valence-corrected chi connectivity index (χ3v) is 3.51. The number of benzene rings is 3. The van der Waals surface area contributed by atoms with Crippen LogP contribution in [0.5, 0.6) is 11.5 Å². The maximum atomic E-state index is 10.0. The summed E-state index contributed by atoms with van der Waals surface area (Å²) in [4.78, 5) is 4.23. The molecule has 0 heterocycles. The number of hydrogen-bond donors (Lipinski definition) is 2. The van der Waals surface area contributed by atoms with Crippen LogP contribution in [0.3, 0.4) is 0 Å². The van der Waals surface area contributed by atoms with Gasteiger partial charge in [-0.1, -0.05) is 41.9 Å². The van der Waals surface area contributed by atoms with Crippen molar-refractivity contribution in [2.75, 3.05) is 0 Å². The predicted molar refractivity (Wildman–Crippen MR) is 86.0 cm³/mol. The molecule has 2 N–H and O–H groups in total. The summed E-state index contributed by atoms with van der Waals surface area (Å²) in [6.07, 6.45) is 1.48. The van der Waals surface area contributed by atoms with E-state index < -0.39 is 0 Å². The molecule has 3 aromatic rings. The van der Waals surface area contributed by atoms with E-state index in [-0.39, 0.29) is 16.5 Å². The monoisotopic (exact) mass is 297 g/mol. The Kier molecular flexibility index (Phi) is 3.50. The first kappa shape index (κ1) is 13.5. The zero-order chi connectivity index (χ0) is 14.8. The largest absolute Gasteiger partial charge is 0.506 e. The van der Waals surface area contributed by atoms with Gasteiger partial charge in [-0.05, 0) is 35.0 Å².